The van der Waals surface area contributed by atoms with E-state index in [0.717, 1.165) is 43.1 Å². The van der Waals surface area contributed by atoms with E-state index < -0.39 is 0 Å². The highest BCUT2D eigenvalue weighted by Gasteiger charge is 2.21. The van der Waals surface area contributed by atoms with E-state index >= 15 is 0 Å². The number of nitrogens with zero attached hydrogens (tertiary/aromatic N) is 1. The zero-order chi connectivity index (χ0) is 17.5. The highest BCUT2D eigenvalue weighted by atomic mass is 35.5. The lowest BCUT2D eigenvalue weighted by Crippen LogP contribution is -2.41. The van der Waals surface area contributed by atoms with Crippen molar-refractivity contribution in [1.29, 1.82) is 0 Å². The van der Waals surface area contributed by atoms with Crippen LogP contribution >= 0.6 is 11.6 Å². The van der Waals surface area contributed by atoms with Gasteiger partial charge in [-0.3, -0.25) is 9.69 Å². The number of rotatable bonds is 6. The average Bonchev–Trinajstić information content (AvgIpc) is 3.15. The monoisotopic (exact) mass is 358 g/mol. The standard InChI is InChI=1S/C20H23ClN2O2/c21-18(12-16-6-2-1-3-7-16)15-23-10-4-8-17(14-23)13-22-20(24)19-9-5-11-25-19/h1-3,5-7,9,11-12,17H,4,8,10,13-15H2,(H,22,24)/b18-12-/t17-/m0/s1. The number of furan rings is 1. The number of carbonyl (C=O) groups is 1. The Morgan fingerprint density at radius 1 is 1.28 bits per heavy atom. The summed E-state index contributed by atoms with van der Waals surface area (Å²) in [6.45, 7) is 3.40. The second kappa shape index (κ2) is 8.88. The number of hydrogen-bond donors (Lipinski definition) is 1. The maximum atomic E-state index is 12.0. The predicted molar refractivity (Wildman–Crippen MR) is 100 cm³/mol. The molecule has 25 heavy (non-hydrogen) atoms. The van der Waals surface area contributed by atoms with Crippen molar-refractivity contribution in [3.05, 3.63) is 65.1 Å². The third kappa shape index (κ3) is 5.48. The van der Waals surface area contributed by atoms with E-state index in [1.807, 2.05) is 36.4 Å². The zero-order valence-electron chi connectivity index (χ0n) is 14.2. The molecule has 132 valence electrons. The van der Waals surface area contributed by atoms with Gasteiger partial charge in [0.1, 0.15) is 0 Å². The molecule has 0 aliphatic carbocycles. The minimum absolute atomic E-state index is 0.149. The first kappa shape index (κ1) is 17.8. The summed E-state index contributed by atoms with van der Waals surface area (Å²) in [6, 6.07) is 13.5. The average molecular weight is 359 g/mol. The highest BCUT2D eigenvalue weighted by Crippen LogP contribution is 2.19. The highest BCUT2D eigenvalue weighted by molar-refractivity contribution is 6.31. The van der Waals surface area contributed by atoms with Gasteiger partial charge >= 0.3 is 0 Å². The van der Waals surface area contributed by atoms with E-state index in [2.05, 4.69) is 10.2 Å². The van der Waals surface area contributed by atoms with Crippen LogP contribution in [0, 0.1) is 5.92 Å². The topological polar surface area (TPSA) is 45.5 Å². The molecule has 2 aromatic rings. The quantitative estimate of drug-likeness (QED) is 0.848. The Morgan fingerprint density at radius 3 is 2.88 bits per heavy atom. The summed E-state index contributed by atoms with van der Waals surface area (Å²) in [5.41, 5.74) is 1.12. The molecule has 2 heterocycles. The van der Waals surface area contributed by atoms with E-state index in [1.165, 1.54) is 6.26 Å². The van der Waals surface area contributed by atoms with Crippen LogP contribution in [0.15, 0.2) is 58.2 Å². The van der Waals surface area contributed by atoms with Crippen LogP contribution in [-0.4, -0.2) is 37.0 Å². The van der Waals surface area contributed by atoms with Crippen LogP contribution in [0.25, 0.3) is 6.08 Å². The smallest absolute Gasteiger partial charge is 0.286 e. The SMILES string of the molecule is O=C(NC[C@@H]1CCCN(C/C(Cl)=C/c2ccccc2)C1)c1ccco1. The molecular formula is C20H23ClN2O2. The van der Waals surface area contributed by atoms with Crippen molar-refractivity contribution in [2.24, 2.45) is 5.92 Å². The molecule has 1 aliphatic heterocycles. The Labute approximate surface area is 153 Å². The molecule has 0 spiro atoms. The van der Waals surface area contributed by atoms with Crippen LogP contribution in [0.5, 0.6) is 0 Å². The summed E-state index contributed by atoms with van der Waals surface area (Å²) in [5, 5.41) is 3.80. The Kier molecular flexibility index (Phi) is 6.31. The van der Waals surface area contributed by atoms with Gasteiger partial charge in [0, 0.05) is 24.7 Å². The molecule has 5 heteroatoms. The van der Waals surface area contributed by atoms with Crippen LogP contribution < -0.4 is 5.32 Å². The largest absolute Gasteiger partial charge is 0.459 e. The molecule has 0 radical (unpaired) electrons. The molecule has 1 N–H and O–H groups in total. The molecule has 0 bridgehead atoms. The summed E-state index contributed by atoms with van der Waals surface area (Å²) < 4.78 is 5.12. The van der Waals surface area contributed by atoms with E-state index in [1.54, 1.807) is 12.1 Å². The number of likely N-dealkylation sites (tertiary alicyclic amines) is 1. The van der Waals surface area contributed by atoms with Crippen LogP contribution in [0.4, 0.5) is 0 Å². The Hall–Kier alpha value is -2.04. The van der Waals surface area contributed by atoms with Gasteiger partial charge < -0.3 is 9.73 Å². The van der Waals surface area contributed by atoms with Gasteiger partial charge in [0.2, 0.25) is 0 Å². The zero-order valence-corrected chi connectivity index (χ0v) is 14.9. The molecule has 0 unspecified atom stereocenters. The fourth-order valence-electron chi connectivity index (χ4n) is 3.18. The van der Waals surface area contributed by atoms with Crippen molar-refractivity contribution in [3.63, 3.8) is 0 Å². The van der Waals surface area contributed by atoms with E-state index in [0.29, 0.717) is 18.2 Å². The molecule has 3 rings (SSSR count). The molecule has 1 fully saturated rings. The van der Waals surface area contributed by atoms with Gasteiger partial charge in [-0.05, 0) is 49.1 Å². The van der Waals surface area contributed by atoms with Gasteiger partial charge in [0.05, 0.1) is 6.26 Å². The van der Waals surface area contributed by atoms with Crippen molar-refractivity contribution < 1.29 is 9.21 Å². The van der Waals surface area contributed by atoms with Crippen molar-refractivity contribution >= 4 is 23.6 Å². The van der Waals surface area contributed by atoms with Crippen LogP contribution in [0.2, 0.25) is 0 Å². The fourth-order valence-corrected chi connectivity index (χ4v) is 3.48. The first-order valence-electron chi connectivity index (χ1n) is 8.66. The van der Waals surface area contributed by atoms with Gasteiger partial charge in [-0.25, -0.2) is 0 Å². The summed E-state index contributed by atoms with van der Waals surface area (Å²) >= 11 is 6.43. The third-order valence-electron chi connectivity index (χ3n) is 4.40. The molecule has 4 nitrogen and oxygen atoms in total. The fraction of sp³-hybridized carbons (Fsp3) is 0.350. The second-order valence-corrected chi connectivity index (χ2v) is 6.92. The van der Waals surface area contributed by atoms with Crippen molar-refractivity contribution in [1.82, 2.24) is 10.2 Å². The lowest BCUT2D eigenvalue weighted by atomic mass is 9.98. The molecule has 1 atom stereocenters. The van der Waals surface area contributed by atoms with Gasteiger partial charge in [-0.15, -0.1) is 0 Å². The molecule has 1 amide bonds. The minimum Gasteiger partial charge on any atom is -0.459 e. The molecule has 1 aromatic carbocycles. The van der Waals surface area contributed by atoms with Crippen LogP contribution in [0.1, 0.15) is 29.0 Å². The summed E-state index contributed by atoms with van der Waals surface area (Å²) in [6.07, 6.45) is 5.77. The number of carbonyl (C=O) groups excluding carboxylic acids is 1. The van der Waals surface area contributed by atoms with Crippen LogP contribution in [0.3, 0.4) is 0 Å². The van der Waals surface area contributed by atoms with Gasteiger partial charge in [-0.2, -0.15) is 0 Å². The lowest BCUT2D eigenvalue weighted by molar-refractivity contribution is 0.0907. The lowest BCUT2D eigenvalue weighted by Gasteiger charge is -2.32. The van der Waals surface area contributed by atoms with E-state index in [9.17, 15) is 4.79 Å². The first-order valence-corrected chi connectivity index (χ1v) is 9.03. The van der Waals surface area contributed by atoms with Gasteiger partial charge in [0.15, 0.2) is 5.76 Å². The van der Waals surface area contributed by atoms with Gasteiger partial charge in [0.25, 0.3) is 5.91 Å². The maximum absolute atomic E-state index is 12.0. The normalized spacial score (nSPS) is 18.9. The number of piperidine rings is 1. The predicted octanol–water partition coefficient (Wildman–Crippen LogP) is 4.00. The minimum atomic E-state index is -0.149. The maximum Gasteiger partial charge on any atom is 0.286 e. The number of amides is 1. The van der Waals surface area contributed by atoms with E-state index in [-0.39, 0.29) is 5.91 Å². The summed E-state index contributed by atoms with van der Waals surface area (Å²) in [7, 11) is 0. The Bertz CT molecular complexity index is 698. The number of benzene rings is 1. The van der Waals surface area contributed by atoms with Crippen molar-refractivity contribution in [2.45, 2.75) is 12.8 Å². The Morgan fingerprint density at radius 2 is 2.12 bits per heavy atom. The van der Waals surface area contributed by atoms with E-state index in [4.69, 9.17) is 16.0 Å². The number of halogens is 1. The molecule has 1 aromatic heterocycles. The van der Waals surface area contributed by atoms with Crippen molar-refractivity contribution in [2.75, 3.05) is 26.2 Å². The first-order chi connectivity index (χ1) is 12.2. The molecular weight excluding hydrogens is 336 g/mol. The second-order valence-electron chi connectivity index (χ2n) is 6.43. The van der Waals surface area contributed by atoms with Gasteiger partial charge in [-0.1, -0.05) is 41.9 Å². The third-order valence-corrected chi connectivity index (χ3v) is 4.63. The van der Waals surface area contributed by atoms with Crippen molar-refractivity contribution in [3.8, 4) is 0 Å². The Balaban J connectivity index is 1.47. The number of nitrogens with one attached hydrogen (secondary N) is 1. The molecule has 1 saturated heterocycles. The molecule has 0 saturated carbocycles. The molecule has 1 aliphatic rings. The number of hydrogen-bond acceptors (Lipinski definition) is 3. The van der Waals surface area contributed by atoms with Crippen LogP contribution in [-0.2, 0) is 0 Å². The summed E-state index contributed by atoms with van der Waals surface area (Å²) in [5.74, 6) is 0.652. The summed E-state index contributed by atoms with van der Waals surface area (Å²) in [4.78, 5) is 14.3.